The van der Waals surface area contributed by atoms with Crippen molar-refractivity contribution in [3.05, 3.63) is 0 Å². The molecule has 5 heteroatoms. The summed E-state index contributed by atoms with van der Waals surface area (Å²) in [6.07, 6.45) is 6.47. The number of ether oxygens (including phenoxy) is 1. The van der Waals surface area contributed by atoms with Crippen LogP contribution in [0.3, 0.4) is 0 Å². The Kier molecular flexibility index (Phi) is 5.64. The van der Waals surface area contributed by atoms with Crippen LogP contribution in [0.15, 0.2) is 0 Å². The minimum atomic E-state index is -0.398. The van der Waals surface area contributed by atoms with Gasteiger partial charge in [0, 0.05) is 19.6 Å². The normalized spacial score (nSPS) is 28.5. The van der Waals surface area contributed by atoms with Gasteiger partial charge in [-0.2, -0.15) is 0 Å². The number of hydrogen-bond acceptors (Lipinski definition) is 4. The van der Waals surface area contributed by atoms with Gasteiger partial charge in [0.1, 0.15) is 5.60 Å². The Morgan fingerprint density at radius 1 is 1.04 bits per heavy atom. The van der Waals surface area contributed by atoms with E-state index in [2.05, 4.69) is 16.8 Å². The molecule has 0 aromatic rings. The first kappa shape index (κ1) is 19.0. The lowest BCUT2D eigenvalue weighted by molar-refractivity contribution is 0.0265. The van der Waals surface area contributed by atoms with Gasteiger partial charge in [-0.15, -0.1) is 0 Å². The van der Waals surface area contributed by atoms with Gasteiger partial charge in [-0.25, -0.2) is 4.79 Å². The third kappa shape index (κ3) is 5.10. The molecule has 0 aliphatic carbocycles. The van der Waals surface area contributed by atoms with Crippen molar-refractivity contribution in [2.75, 3.05) is 52.9 Å². The first-order valence-electron chi connectivity index (χ1n) is 10.1. The maximum absolute atomic E-state index is 12.2. The van der Waals surface area contributed by atoms with Crippen molar-refractivity contribution in [2.45, 2.75) is 58.5 Å². The zero-order chi connectivity index (χ0) is 18.1. The number of amides is 1. The minimum absolute atomic E-state index is 0.140. The van der Waals surface area contributed by atoms with Crippen LogP contribution in [0.4, 0.5) is 4.79 Å². The number of piperidine rings is 2. The van der Waals surface area contributed by atoms with Crippen LogP contribution >= 0.6 is 0 Å². The van der Waals surface area contributed by atoms with E-state index in [1.54, 1.807) is 0 Å². The molecule has 3 aliphatic rings. The van der Waals surface area contributed by atoms with Crippen molar-refractivity contribution in [1.82, 2.24) is 14.7 Å². The third-order valence-corrected chi connectivity index (χ3v) is 6.42. The molecule has 3 heterocycles. The fourth-order valence-corrected chi connectivity index (χ4v) is 4.64. The molecule has 3 aliphatic heterocycles. The van der Waals surface area contributed by atoms with Crippen molar-refractivity contribution in [2.24, 2.45) is 11.3 Å². The van der Waals surface area contributed by atoms with Crippen molar-refractivity contribution < 1.29 is 9.53 Å². The molecular weight excluding hydrogens is 314 g/mol. The van der Waals surface area contributed by atoms with E-state index in [0.29, 0.717) is 11.3 Å². The van der Waals surface area contributed by atoms with E-state index in [0.717, 1.165) is 26.1 Å². The number of carbonyl (C=O) groups excluding carboxylic acids is 1. The highest BCUT2D eigenvalue weighted by Gasteiger charge is 2.38. The van der Waals surface area contributed by atoms with Gasteiger partial charge in [-0.1, -0.05) is 0 Å². The second-order valence-electron chi connectivity index (χ2n) is 9.68. The van der Waals surface area contributed by atoms with E-state index in [1.165, 1.54) is 51.9 Å². The molecular formula is C20H37N3O2. The highest BCUT2D eigenvalue weighted by molar-refractivity contribution is 5.68. The maximum Gasteiger partial charge on any atom is 0.410 e. The Morgan fingerprint density at radius 3 is 2.24 bits per heavy atom. The predicted octanol–water partition coefficient (Wildman–Crippen LogP) is 3.05. The Labute approximate surface area is 153 Å². The smallest absolute Gasteiger partial charge is 0.410 e. The summed E-state index contributed by atoms with van der Waals surface area (Å²) in [5.74, 6) is 0.610. The lowest BCUT2D eigenvalue weighted by Crippen LogP contribution is -2.47. The standard InChI is InChI=1S/C20H37N3O2/c1-19(2,3)25-18(24)23-10-5-17(16-23)15-22-13-8-20(9-14-22)6-11-21(4)12-7-20/h17H,5-16H2,1-4H3/t17-/m0/s1. The van der Waals surface area contributed by atoms with Gasteiger partial charge in [0.2, 0.25) is 0 Å². The van der Waals surface area contributed by atoms with Crippen LogP contribution in [0, 0.1) is 11.3 Å². The van der Waals surface area contributed by atoms with Crippen LogP contribution in [-0.2, 0) is 4.74 Å². The molecule has 3 rings (SSSR count). The Morgan fingerprint density at radius 2 is 1.64 bits per heavy atom. The molecule has 1 amide bonds. The highest BCUT2D eigenvalue weighted by Crippen LogP contribution is 2.41. The number of carbonyl (C=O) groups is 1. The number of rotatable bonds is 2. The molecule has 0 radical (unpaired) electrons. The molecule has 0 bridgehead atoms. The van der Waals surface area contributed by atoms with Crippen molar-refractivity contribution in [3.63, 3.8) is 0 Å². The summed E-state index contributed by atoms with van der Waals surface area (Å²) in [6.45, 7) is 13.7. The van der Waals surface area contributed by atoms with Crippen molar-refractivity contribution >= 4 is 6.09 Å². The quantitative estimate of drug-likeness (QED) is 0.766. The third-order valence-electron chi connectivity index (χ3n) is 6.42. The largest absolute Gasteiger partial charge is 0.444 e. The molecule has 0 unspecified atom stereocenters. The Hall–Kier alpha value is -0.810. The summed E-state index contributed by atoms with van der Waals surface area (Å²) >= 11 is 0. The molecule has 3 saturated heterocycles. The lowest BCUT2D eigenvalue weighted by Gasteiger charge is -2.46. The van der Waals surface area contributed by atoms with Gasteiger partial charge in [0.25, 0.3) is 0 Å². The topological polar surface area (TPSA) is 36.0 Å². The van der Waals surface area contributed by atoms with Gasteiger partial charge in [-0.3, -0.25) is 0 Å². The Bertz CT molecular complexity index is 456. The summed E-state index contributed by atoms with van der Waals surface area (Å²) in [5.41, 5.74) is 0.228. The number of hydrogen-bond donors (Lipinski definition) is 0. The monoisotopic (exact) mass is 351 g/mol. The average Bonchev–Trinajstić information content (AvgIpc) is 3.00. The molecule has 144 valence electrons. The second-order valence-corrected chi connectivity index (χ2v) is 9.68. The maximum atomic E-state index is 12.2. The fraction of sp³-hybridized carbons (Fsp3) is 0.950. The van der Waals surface area contributed by atoms with E-state index in [-0.39, 0.29) is 6.09 Å². The lowest BCUT2D eigenvalue weighted by atomic mass is 9.71. The summed E-state index contributed by atoms with van der Waals surface area (Å²) in [7, 11) is 2.25. The zero-order valence-corrected chi connectivity index (χ0v) is 16.7. The van der Waals surface area contributed by atoms with Gasteiger partial charge >= 0.3 is 6.09 Å². The first-order chi connectivity index (χ1) is 11.7. The van der Waals surface area contributed by atoms with Gasteiger partial charge in [0.15, 0.2) is 0 Å². The summed E-state index contributed by atoms with van der Waals surface area (Å²) in [5, 5.41) is 0. The predicted molar refractivity (Wildman–Crippen MR) is 101 cm³/mol. The summed E-state index contributed by atoms with van der Waals surface area (Å²) < 4.78 is 5.51. The average molecular weight is 352 g/mol. The number of likely N-dealkylation sites (tertiary alicyclic amines) is 3. The second kappa shape index (κ2) is 7.43. The Balaban J connectivity index is 1.41. The molecule has 25 heavy (non-hydrogen) atoms. The zero-order valence-electron chi connectivity index (χ0n) is 16.7. The first-order valence-corrected chi connectivity index (χ1v) is 10.1. The van der Waals surface area contributed by atoms with Crippen LogP contribution < -0.4 is 0 Å². The van der Waals surface area contributed by atoms with Crippen LogP contribution in [0.25, 0.3) is 0 Å². The summed E-state index contributed by atoms with van der Waals surface area (Å²) in [4.78, 5) is 19.2. The van der Waals surface area contributed by atoms with E-state index in [1.807, 2.05) is 25.7 Å². The molecule has 0 aromatic heterocycles. The molecule has 0 aromatic carbocycles. The van der Waals surface area contributed by atoms with Crippen LogP contribution in [-0.4, -0.2) is 79.3 Å². The molecule has 5 nitrogen and oxygen atoms in total. The van der Waals surface area contributed by atoms with E-state index in [9.17, 15) is 4.79 Å². The molecule has 1 spiro atoms. The van der Waals surface area contributed by atoms with E-state index in [4.69, 9.17) is 4.74 Å². The van der Waals surface area contributed by atoms with Crippen molar-refractivity contribution in [3.8, 4) is 0 Å². The molecule has 0 N–H and O–H groups in total. The SMILES string of the molecule is CN1CCC2(CC1)CCN(C[C@@H]1CCN(C(=O)OC(C)(C)C)C1)CC2. The highest BCUT2D eigenvalue weighted by atomic mass is 16.6. The fourth-order valence-electron chi connectivity index (χ4n) is 4.64. The van der Waals surface area contributed by atoms with Crippen LogP contribution in [0.2, 0.25) is 0 Å². The molecule has 3 fully saturated rings. The van der Waals surface area contributed by atoms with Crippen molar-refractivity contribution in [1.29, 1.82) is 0 Å². The summed E-state index contributed by atoms with van der Waals surface area (Å²) in [6, 6.07) is 0. The molecule has 0 saturated carbocycles. The van der Waals surface area contributed by atoms with E-state index >= 15 is 0 Å². The van der Waals surface area contributed by atoms with Gasteiger partial charge in [0.05, 0.1) is 0 Å². The number of nitrogens with zero attached hydrogens (tertiary/aromatic N) is 3. The van der Waals surface area contributed by atoms with Crippen LogP contribution in [0.1, 0.15) is 52.9 Å². The molecule has 1 atom stereocenters. The van der Waals surface area contributed by atoms with Gasteiger partial charge < -0.3 is 19.4 Å². The van der Waals surface area contributed by atoms with Crippen LogP contribution in [0.5, 0.6) is 0 Å². The van der Waals surface area contributed by atoms with E-state index < -0.39 is 5.60 Å². The van der Waals surface area contributed by atoms with Gasteiger partial charge in [-0.05, 0) is 97.4 Å². The minimum Gasteiger partial charge on any atom is -0.444 e.